The number of amides is 1. The third-order valence-corrected chi connectivity index (χ3v) is 8.44. The zero-order valence-electron chi connectivity index (χ0n) is 26.3. The van der Waals surface area contributed by atoms with Gasteiger partial charge < -0.3 is 18.8 Å². The van der Waals surface area contributed by atoms with Gasteiger partial charge in [-0.1, -0.05) is 47.6 Å². The number of nitrogens with zero attached hydrogens (tertiary/aromatic N) is 2. The summed E-state index contributed by atoms with van der Waals surface area (Å²) in [5, 5.41) is 12.0. The first-order chi connectivity index (χ1) is 19.7. The molecule has 0 saturated carbocycles. The largest absolute Gasteiger partial charge is 0.507 e. The molecule has 1 N–H and O–H groups in total. The van der Waals surface area contributed by atoms with Crippen molar-refractivity contribution in [1.29, 1.82) is 0 Å². The van der Waals surface area contributed by atoms with E-state index >= 15 is 0 Å². The van der Waals surface area contributed by atoms with E-state index in [4.69, 9.17) is 4.42 Å². The number of hydrogen-bond donors (Lipinski definition) is 1. The number of unbranched alkanes of at least 4 members (excludes halogenated alkanes) is 1. The number of carbonyl (C=O) groups excluding carboxylic acids is 2. The molecule has 1 aromatic carbocycles. The van der Waals surface area contributed by atoms with Crippen molar-refractivity contribution in [2.24, 2.45) is 29.3 Å². The molecule has 3 aromatic rings. The topological polar surface area (TPSA) is 111 Å². The van der Waals surface area contributed by atoms with Crippen molar-refractivity contribution >= 4 is 29.0 Å². The van der Waals surface area contributed by atoms with E-state index in [1.165, 1.54) is 30.3 Å². The normalized spacial score (nSPS) is 13.6. The van der Waals surface area contributed by atoms with Gasteiger partial charge in [0.2, 0.25) is 0 Å². The lowest BCUT2D eigenvalue weighted by Crippen LogP contribution is -2.33. The number of carbonyl (C=O) groups is 2. The maximum Gasteiger partial charge on any atom is 0.432 e. The number of aromatic nitrogens is 1. The van der Waals surface area contributed by atoms with Gasteiger partial charge in [0.1, 0.15) is 17.1 Å². The average Bonchev–Trinajstić information content (AvgIpc) is 3.23. The van der Waals surface area contributed by atoms with E-state index in [1.54, 1.807) is 6.92 Å². The summed E-state index contributed by atoms with van der Waals surface area (Å²) in [6, 6.07) is 10.2. The number of aromatic hydroxyl groups is 1. The highest BCUT2D eigenvalue weighted by Gasteiger charge is 2.36. The van der Waals surface area contributed by atoms with Crippen LogP contribution >= 0.6 is 0 Å². The van der Waals surface area contributed by atoms with E-state index in [0.29, 0.717) is 37.4 Å². The van der Waals surface area contributed by atoms with E-state index in [-0.39, 0.29) is 17.2 Å². The third-order valence-electron chi connectivity index (χ3n) is 8.44. The molecule has 2 aromatic heterocycles. The van der Waals surface area contributed by atoms with Crippen molar-refractivity contribution in [2.75, 3.05) is 7.11 Å². The number of aliphatic imine (C=N–C) groups is 1. The van der Waals surface area contributed by atoms with Crippen LogP contribution in [0.25, 0.3) is 10.9 Å². The maximum absolute atomic E-state index is 13.6. The summed E-state index contributed by atoms with van der Waals surface area (Å²) in [5.74, 6) is -0.548. The van der Waals surface area contributed by atoms with E-state index in [9.17, 15) is 19.5 Å². The molecule has 42 heavy (non-hydrogen) atoms. The first-order valence-electron chi connectivity index (χ1n) is 14.8. The summed E-state index contributed by atoms with van der Waals surface area (Å²) < 4.78 is 12.2. The molecule has 0 bridgehead atoms. The second-order valence-electron chi connectivity index (χ2n) is 12.6. The van der Waals surface area contributed by atoms with Crippen LogP contribution in [0, 0.1) is 17.3 Å². The number of methoxy groups -OCH3 is 1. The Morgan fingerprint density at radius 3 is 2.48 bits per heavy atom. The second-order valence-corrected chi connectivity index (χ2v) is 12.6. The molecule has 1 amide bonds. The van der Waals surface area contributed by atoms with Gasteiger partial charge in [0, 0.05) is 47.8 Å². The lowest BCUT2D eigenvalue weighted by Gasteiger charge is -2.31. The van der Waals surface area contributed by atoms with Gasteiger partial charge in [0.25, 0.3) is 0 Å². The minimum atomic E-state index is -0.824. The summed E-state index contributed by atoms with van der Waals surface area (Å²) in [5.41, 5.74) is 1.94. The van der Waals surface area contributed by atoms with E-state index in [1.807, 2.05) is 27.8 Å². The maximum atomic E-state index is 13.6. The molecule has 0 aliphatic rings. The highest BCUT2D eigenvalue weighted by Crippen LogP contribution is 2.36. The van der Waals surface area contributed by atoms with Gasteiger partial charge in [-0.05, 0) is 73.6 Å². The van der Waals surface area contributed by atoms with Crippen LogP contribution in [0.15, 0.2) is 44.5 Å². The number of ether oxygens (including phenoxy) is 1. The molecule has 228 valence electrons. The Morgan fingerprint density at radius 2 is 1.83 bits per heavy atom. The predicted molar refractivity (Wildman–Crippen MR) is 167 cm³/mol. The van der Waals surface area contributed by atoms with Crippen molar-refractivity contribution in [3.63, 3.8) is 0 Å². The number of benzene rings is 1. The van der Waals surface area contributed by atoms with Gasteiger partial charge in [0.05, 0.1) is 7.11 Å². The Morgan fingerprint density at radius 1 is 1.12 bits per heavy atom. The highest BCUT2D eigenvalue weighted by molar-refractivity contribution is 6.00. The Bertz CT molecular complexity index is 1490. The molecule has 0 aliphatic heterocycles. The van der Waals surface area contributed by atoms with Crippen LogP contribution in [0.2, 0.25) is 0 Å². The van der Waals surface area contributed by atoms with Crippen LogP contribution in [0.5, 0.6) is 5.75 Å². The van der Waals surface area contributed by atoms with Gasteiger partial charge in [-0.2, -0.15) is 4.99 Å². The SMILES string of the molecule is COC(=O)N=CCCCC(C)c1cc(O)c(C(=O)C(C)C(C)(C)Cc2cc3cc(CCC(C)C)ccc3n2C)c(=O)o1. The van der Waals surface area contributed by atoms with Crippen molar-refractivity contribution in [2.45, 2.75) is 86.0 Å². The molecule has 0 fully saturated rings. The van der Waals surface area contributed by atoms with Crippen LogP contribution in [-0.4, -0.2) is 34.9 Å². The molecular weight excluding hydrogens is 532 g/mol. The molecule has 8 nitrogen and oxygen atoms in total. The molecule has 0 saturated heterocycles. The fraction of sp³-hybridized carbons (Fsp3) is 0.529. The van der Waals surface area contributed by atoms with Crippen LogP contribution in [0.3, 0.4) is 0 Å². The lowest BCUT2D eigenvalue weighted by atomic mass is 9.73. The van der Waals surface area contributed by atoms with Gasteiger partial charge in [-0.15, -0.1) is 0 Å². The fourth-order valence-corrected chi connectivity index (χ4v) is 5.25. The Labute approximate surface area is 248 Å². The summed E-state index contributed by atoms with van der Waals surface area (Å²) in [4.78, 5) is 41.2. The van der Waals surface area contributed by atoms with E-state index in [2.05, 4.69) is 52.4 Å². The fourth-order valence-electron chi connectivity index (χ4n) is 5.25. The molecular formula is C34H46N2O6. The van der Waals surface area contributed by atoms with Gasteiger partial charge in [-0.3, -0.25) is 4.79 Å². The average molecular weight is 579 g/mol. The number of Topliss-reactive ketones (excluding diaryl/α,β-unsaturated/α-hetero) is 1. The summed E-state index contributed by atoms with van der Waals surface area (Å²) >= 11 is 0. The Balaban J connectivity index is 1.73. The molecule has 0 spiro atoms. The summed E-state index contributed by atoms with van der Waals surface area (Å²) in [6.07, 6.45) is 5.51. The number of ketones is 1. The zero-order chi connectivity index (χ0) is 31.2. The molecule has 2 atom stereocenters. The van der Waals surface area contributed by atoms with Crippen LogP contribution in [0.1, 0.15) is 101 Å². The van der Waals surface area contributed by atoms with Crippen LogP contribution in [-0.2, 0) is 24.6 Å². The summed E-state index contributed by atoms with van der Waals surface area (Å²) in [6.45, 7) is 12.2. The number of fused-ring (bicyclic) bond motifs is 1. The minimum absolute atomic E-state index is 0.175. The Hall–Kier alpha value is -3.68. The van der Waals surface area contributed by atoms with Crippen molar-refractivity contribution in [1.82, 2.24) is 4.57 Å². The van der Waals surface area contributed by atoms with E-state index in [0.717, 1.165) is 24.1 Å². The van der Waals surface area contributed by atoms with E-state index < -0.39 is 28.8 Å². The first kappa shape index (κ1) is 32.8. The Kier molecular flexibility index (Phi) is 10.9. The summed E-state index contributed by atoms with van der Waals surface area (Å²) in [7, 11) is 3.31. The van der Waals surface area contributed by atoms with Crippen molar-refractivity contribution in [3.05, 3.63) is 63.3 Å². The quantitative estimate of drug-likeness (QED) is 0.127. The molecule has 3 rings (SSSR count). The molecule has 8 heteroatoms. The predicted octanol–water partition coefficient (Wildman–Crippen LogP) is 7.62. The standard InChI is InChI=1S/C34H46N2O6/c1-21(2)12-13-24-14-15-27-25(17-24)18-26(36(27)7)20-34(5,6)23(4)31(38)30-28(37)19-29(42-32(30)39)22(3)11-9-10-16-35-33(40)41-8/h14-19,21-23,37H,9-13,20H2,1-8H3. The number of rotatable bonds is 13. The molecule has 2 unspecified atom stereocenters. The molecule has 0 radical (unpaired) electrons. The lowest BCUT2D eigenvalue weighted by molar-refractivity contribution is 0.0809. The highest BCUT2D eigenvalue weighted by atomic mass is 16.5. The van der Waals surface area contributed by atoms with Crippen LogP contribution in [0.4, 0.5) is 4.79 Å². The molecule has 0 aliphatic carbocycles. The van der Waals surface area contributed by atoms with Gasteiger partial charge in [0.15, 0.2) is 5.78 Å². The van der Waals surface area contributed by atoms with Crippen LogP contribution < -0.4 is 5.63 Å². The first-order valence-corrected chi connectivity index (χ1v) is 14.8. The monoisotopic (exact) mass is 578 g/mol. The van der Waals surface area contributed by atoms with Gasteiger partial charge in [-0.25, -0.2) is 9.59 Å². The molecule has 2 heterocycles. The van der Waals surface area contributed by atoms with Crippen molar-refractivity contribution < 1.29 is 23.8 Å². The zero-order valence-corrected chi connectivity index (χ0v) is 26.3. The third kappa shape index (κ3) is 7.99. The smallest absolute Gasteiger partial charge is 0.432 e. The van der Waals surface area contributed by atoms with Crippen molar-refractivity contribution in [3.8, 4) is 5.75 Å². The second kappa shape index (κ2) is 14.0. The number of aryl methyl sites for hydroxylation is 2. The van der Waals surface area contributed by atoms with Gasteiger partial charge >= 0.3 is 11.7 Å². The minimum Gasteiger partial charge on any atom is -0.507 e. The number of hydrogen-bond acceptors (Lipinski definition) is 6.